The van der Waals surface area contributed by atoms with Crippen molar-refractivity contribution >= 4 is 29.0 Å². The van der Waals surface area contributed by atoms with Crippen LogP contribution in [0.2, 0.25) is 0 Å². The lowest BCUT2D eigenvalue weighted by Gasteiger charge is -2.33. The van der Waals surface area contributed by atoms with Crippen molar-refractivity contribution in [1.29, 1.82) is 0 Å². The van der Waals surface area contributed by atoms with Crippen molar-refractivity contribution in [2.45, 2.75) is 42.0 Å². The molecule has 172 valence electrons. The zero-order valence-electron chi connectivity index (χ0n) is 17.4. The van der Waals surface area contributed by atoms with Crippen molar-refractivity contribution in [2.24, 2.45) is 5.92 Å². The van der Waals surface area contributed by atoms with Gasteiger partial charge in [-0.05, 0) is 32.4 Å². The van der Waals surface area contributed by atoms with Crippen LogP contribution >= 0.6 is 11.8 Å². The Labute approximate surface area is 187 Å². The predicted octanol–water partition coefficient (Wildman–Crippen LogP) is 3.28. The number of halogens is 4. The minimum atomic E-state index is -4.51. The van der Waals surface area contributed by atoms with Crippen LogP contribution in [0.4, 0.5) is 23.4 Å². The molecule has 0 unspecified atom stereocenters. The van der Waals surface area contributed by atoms with Crippen LogP contribution in [0.1, 0.15) is 24.8 Å². The zero-order valence-corrected chi connectivity index (χ0v) is 18.2. The third-order valence-corrected chi connectivity index (χ3v) is 6.29. The molecule has 2 atom stereocenters. The summed E-state index contributed by atoms with van der Waals surface area (Å²) in [4.78, 5) is 17.8. The Hall–Kier alpha value is -2.45. The maximum absolute atomic E-state index is 14.5. The highest BCUT2D eigenvalue weighted by Gasteiger charge is 2.33. The minimum absolute atomic E-state index is 0.0313. The van der Waals surface area contributed by atoms with Crippen LogP contribution in [0.15, 0.2) is 23.5 Å². The van der Waals surface area contributed by atoms with E-state index in [1.54, 1.807) is 0 Å². The number of nitrogens with one attached hydrogen (secondary N) is 2. The summed E-state index contributed by atoms with van der Waals surface area (Å²) in [5.74, 6) is 5.73. The molecular formula is C21H23F4N5OS. The molecule has 2 aromatic heterocycles. The quantitative estimate of drug-likeness (QED) is 0.400. The number of hydrogen-bond acceptors (Lipinski definition) is 5. The Kier molecular flexibility index (Phi) is 6.53. The summed E-state index contributed by atoms with van der Waals surface area (Å²) in [5, 5.41) is 5.64. The third-order valence-electron chi connectivity index (χ3n) is 5.45. The summed E-state index contributed by atoms with van der Waals surface area (Å²) in [6, 6.07) is 1.03. The summed E-state index contributed by atoms with van der Waals surface area (Å²) < 4.78 is 55.5. The van der Waals surface area contributed by atoms with E-state index in [1.165, 1.54) is 22.9 Å². The van der Waals surface area contributed by atoms with Gasteiger partial charge in [0.05, 0.1) is 23.7 Å². The molecule has 1 saturated carbocycles. The molecule has 0 radical (unpaired) electrons. The van der Waals surface area contributed by atoms with Crippen LogP contribution < -0.4 is 10.6 Å². The van der Waals surface area contributed by atoms with E-state index in [4.69, 9.17) is 0 Å². The highest BCUT2D eigenvalue weighted by Crippen LogP contribution is 2.40. The predicted molar refractivity (Wildman–Crippen MR) is 114 cm³/mol. The van der Waals surface area contributed by atoms with Gasteiger partial charge < -0.3 is 19.9 Å². The van der Waals surface area contributed by atoms with Crippen molar-refractivity contribution < 1.29 is 22.4 Å². The number of alkyl halides is 4. The van der Waals surface area contributed by atoms with Gasteiger partial charge in [0.15, 0.2) is 5.82 Å². The van der Waals surface area contributed by atoms with E-state index < -0.39 is 17.7 Å². The number of anilines is 1. The molecule has 1 aliphatic heterocycles. The molecule has 6 nitrogen and oxygen atoms in total. The van der Waals surface area contributed by atoms with Crippen molar-refractivity contribution in [3.8, 4) is 11.8 Å². The fourth-order valence-electron chi connectivity index (χ4n) is 3.65. The number of carbonyl (C=O) groups excluding carboxylic acids is 1. The van der Waals surface area contributed by atoms with Gasteiger partial charge >= 0.3 is 5.51 Å². The normalized spacial score (nSPS) is 21.8. The van der Waals surface area contributed by atoms with Gasteiger partial charge in [0.2, 0.25) is 5.91 Å². The first kappa shape index (κ1) is 22.7. The Bertz CT molecular complexity index is 1060. The first-order valence-corrected chi connectivity index (χ1v) is 11.1. The molecule has 32 heavy (non-hydrogen) atoms. The number of nitrogens with zero attached hydrogens (tertiary/aromatic N) is 3. The molecule has 2 fully saturated rings. The molecule has 3 heterocycles. The lowest BCUT2D eigenvalue weighted by molar-refractivity contribution is -0.122. The zero-order chi connectivity index (χ0) is 22.9. The second-order valence-corrected chi connectivity index (χ2v) is 9.11. The van der Waals surface area contributed by atoms with E-state index in [-0.39, 0.29) is 47.3 Å². The monoisotopic (exact) mass is 469 g/mol. The number of amides is 1. The van der Waals surface area contributed by atoms with Crippen LogP contribution in [-0.2, 0) is 4.79 Å². The summed E-state index contributed by atoms with van der Waals surface area (Å²) in [7, 11) is 1.84. The van der Waals surface area contributed by atoms with Gasteiger partial charge in [0.1, 0.15) is 11.2 Å². The fourth-order valence-corrected chi connectivity index (χ4v) is 4.34. The average Bonchev–Trinajstić information content (AvgIpc) is 3.51. The van der Waals surface area contributed by atoms with E-state index >= 15 is 0 Å². The van der Waals surface area contributed by atoms with Crippen LogP contribution in [0, 0.1) is 17.8 Å². The maximum atomic E-state index is 14.5. The fraction of sp³-hybridized carbons (Fsp3) is 0.524. The Balaban J connectivity index is 1.61. The SMILES string of the molecule is CN1CC[C@@H](Nc2nccn3c(SC(F)(F)F)c(C#CCNC(=O)C4CC4)cc23)[C@@H](F)C1. The van der Waals surface area contributed by atoms with E-state index in [9.17, 15) is 22.4 Å². The first-order valence-electron chi connectivity index (χ1n) is 10.3. The van der Waals surface area contributed by atoms with Crippen molar-refractivity contribution in [1.82, 2.24) is 19.6 Å². The standard InChI is InChI=1S/C21H23F4N5OS/c1-29-9-6-16(15(22)12-29)28-18-17-11-14(3-2-7-27-19(31)13-4-5-13)20(32-21(23,24)25)30(17)10-8-26-18/h8,10-11,13,15-16H,4-7,9,12H2,1H3,(H,26,28)(H,27,31)/t15-,16+/m0/s1. The molecule has 2 aliphatic rings. The van der Waals surface area contributed by atoms with E-state index in [0.717, 1.165) is 12.8 Å². The highest BCUT2D eigenvalue weighted by molar-refractivity contribution is 8.00. The molecule has 1 aliphatic carbocycles. The number of thioether (sulfide) groups is 1. The summed E-state index contributed by atoms with van der Waals surface area (Å²) in [5.41, 5.74) is -3.96. The minimum Gasteiger partial charge on any atom is -0.363 e. The van der Waals surface area contributed by atoms with E-state index in [2.05, 4.69) is 27.5 Å². The highest BCUT2D eigenvalue weighted by atomic mass is 32.2. The number of piperidine rings is 1. The lowest BCUT2D eigenvalue weighted by Crippen LogP contribution is -2.46. The molecule has 0 bridgehead atoms. The van der Waals surface area contributed by atoms with Crippen LogP contribution in [0.25, 0.3) is 5.52 Å². The van der Waals surface area contributed by atoms with Gasteiger partial charge in [0.25, 0.3) is 0 Å². The van der Waals surface area contributed by atoms with Crippen molar-refractivity contribution in [3.05, 3.63) is 24.0 Å². The molecule has 0 spiro atoms. The third kappa shape index (κ3) is 5.48. The summed E-state index contributed by atoms with van der Waals surface area (Å²) in [6.45, 7) is 1.04. The second-order valence-electron chi connectivity index (χ2n) is 8.05. The van der Waals surface area contributed by atoms with Crippen LogP contribution in [-0.4, -0.2) is 64.6 Å². The number of fused-ring (bicyclic) bond motifs is 1. The number of rotatable bonds is 5. The average molecular weight is 470 g/mol. The van der Waals surface area contributed by atoms with Gasteiger partial charge in [-0.2, -0.15) is 13.2 Å². The molecule has 4 rings (SSSR count). The van der Waals surface area contributed by atoms with Gasteiger partial charge in [-0.15, -0.1) is 0 Å². The maximum Gasteiger partial charge on any atom is 0.447 e. The van der Waals surface area contributed by atoms with Gasteiger partial charge in [-0.25, -0.2) is 9.37 Å². The molecule has 1 saturated heterocycles. The molecule has 1 amide bonds. The largest absolute Gasteiger partial charge is 0.447 e. The first-order chi connectivity index (χ1) is 15.2. The smallest absolute Gasteiger partial charge is 0.363 e. The molecule has 0 aromatic carbocycles. The number of likely N-dealkylation sites (tertiary alicyclic amines) is 1. The topological polar surface area (TPSA) is 61.7 Å². The Morgan fingerprint density at radius 1 is 1.34 bits per heavy atom. The second kappa shape index (κ2) is 9.19. The molecular weight excluding hydrogens is 446 g/mol. The van der Waals surface area contributed by atoms with E-state index in [1.807, 2.05) is 11.9 Å². The number of hydrogen-bond donors (Lipinski definition) is 2. The molecule has 2 N–H and O–H groups in total. The van der Waals surface area contributed by atoms with Gasteiger partial charge in [-0.1, -0.05) is 11.8 Å². The number of carbonyl (C=O) groups is 1. The van der Waals surface area contributed by atoms with Crippen molar-refractivity contribution in [2.75, 3.05) is 32.0 Å². The van der Waals surface area contributed by atoms with Gasteiger partial charge in [-0.3, -0.25) is 4.79 Å². The molecule has 2 aromatic rings. The number of aromatic nitrogens is 2. The Morgan fingerprint density at radius 2 is 2.12 bits per heavy atom. The van der Waals surface area contributed by atoms with Crippen LogP contribution in [0.3, 0.4) is 0 Å². The summed E-state index contributed by atoms with van der Waals surface area (Å²) >= 11 is -0.265. The summed E-state index contributed by atoms with van der Waals surface area (Å²) in [6.07, 6.45) is 3.95. The van der Waals surface area contributed by atoms with Gasteiger partial charge in [0, 0.05) is 43.2 Å². The van der Waals surface area contributed by atoms with E-state index in [0.29, 0.717) is 24.3 Å². The van der Waals surface area contributed by atoms with Crippen molar-refractivity contribution in [3.63, 3.8) is 0 Å². The Morgan fingerprint density at radius 3 is 2.81 bits per heavy atom. The molecule has 11 heteroatoms. The lowest BCUT2D eigenvalue weighted by atomic mass is 10.0. The van der Waals surface area contributed by atoms with Crippen LogP contribution in [0.5, 0.6) is 0 Å².